The van der Waals surface area contributed by atoms with E-state index in [1.807, 2.05) is 0 Å². The van der Waals surface area contributed by atoms with E-state index in [0.717, 1.165) is 11.6 Å². The second-order valence-electron chi connectivity index (χ2n) is 5.50. The van der Waals surface area contributed by atoms with Gasteiger partial charge in [0.05, 0.1) is 4.92 Å². The summed E-state index contributed by atoms with van der Waals surface area (Å²) in [6.07, 6.45) is 0. The fourth-order valence-electron chi connectivity index (χ4n) is 2.10. The number of nitro benzene ring substituents is 1. The van der Waals surface area contributed by atoms with Gasteiger partial charge in [-0.05, 0) is 29.8 Å². The highest BCUT2D eigenvalue weighted by atomic mass is 35.5. The van der Waals surface area contributed by atoms with Crippen LogP contribution in [0.25, 0.3) is 0 Å². The number of nitro groups is 1. The second kappa shape index (κ2) is 7.76. The Morgan fingerprint density at radius 1 is 1.12 bits per heavy atom. The Morgan fingerprint density at radius 2 is 1.72 bits per heavy atom. The normalized spacial score (nSPS) is 10.2. The number of amides is 2. The van der Waals surface area contributed by atoms with Crippen molar-refractivity contribution in [3.8, 4) is 0 Å². The van der Waals surface area contributed by atoms with Gasteiger partial charge in [-0.1, -0.05) is 23.7 Å². The molecule has 0 aliphatic carbocycles. The van der Waals surface area contributed by atoms with Crippen molar-refractivity contribution < 1.29 is 14.5 Å². The standard InChI is InChI=1S/C17H16ClN3O4/c1-20(2)17(23)12-5-3-11(4-6-12)10-19-16(22)13-7-8-14(18)15(9-13)21(24)25/h3-9H,10H2,1-2H3,(H,19,22). The molecular formula is C17H16ClN3O4. The third kappa shape index (κ3) is 4.54. The fraction of sp³-hybridized carbons (Fsp3) is 0.176. The molecule has 0 saturated carbocycles. The molecule has 2 rings (SSSR count). The molecule has 0 radical (unpaired) electrons. The van der Waals surface area contributed by atoms with E-state index < -0.39 is 10.8 Å². The lowest BCUT2D eigenvalue weighted by atomic mass is 10.1. The predicted molar refractivity (Wildman–Crippen MR) is 93.7 cm³/mol. The summed E-state index contributed by atoms with van der Waals surface area (Å²) in [6.45, 7) is 0.228. The molecule has 0 aliphatic heterocycles. The van der Waals surface area contributed by atoms with Crippen LogP contribution in [0.2, 0.25) is 5.02 Å². The van der Waals surface area contributed by atoms with Crippen LogP contribution in [0, 0.1) is 10.1 Å². The molecule has 0 atom stereocenters. The lowest BCUT2D eigenvalue weighted by Gasteiger charge is -2.11. The van der Waals surface area contributed by atoms with E-state index in [1.165, 1.54) is 17.0 Å². The number of hydrogen-bond acceptors (Lipinski definition) is 4. The Kier molecular flexibility index (Phi) is 5.71. The van der Waals surface area contributed by atoms with Crippen molar-refractivity contribution in [1.29, 1.82) is 0 Å². The van der Waals surface area contributed by atoms with E-state index in [-0.39, 0.29) is 28.7 Å². The molecule has 2 aromatic carbocycles. The van der Waals surface area contributed by atoms with Gasteiger partial charge in [-0.3, -0.25) is 19.7 Å². The Labute approximate surface area is 149 Å². The topological polar surface area (TPSA) is 92.6 Å². The summed E-state index contributed by atoms with van der Waals surface area (Å²) in [7, 11) is 3.34. The Hall–Kier alpha value is -2.93. The number of benzene rings is 2. The first-order valence-electron chi connectivity index (χ1n) is 7.32. The van der Waals surface area contributed by atoms with E-state index in [1.54, 1.807) is 38.4 Å². The van der Waals surface area contributed by atoms with Crippen LogP contribution in [-0.4, -0.2) is 35.7 Å². The molecular weight excluding hydrogens is 346 g/mol. The summed E-state index contributed by atoms with van der Waals surface area (Å²) in [4.78, 5) is 35.6. The van der Waals surface area contributed by atoms with Gasteiger partial charge in [-0.25, -0.2) is 0 Å². The Bertz CT molecular complexity index is 819. The maximum absolute atomic E-state index is 12.1. The van der Waals surface area contributed by atoms with Crippen molar-refractivity contribution in [3.63, 3.8) is 0 Å². The van der Waals surface area contributed by atoms with Crippen molar-refractivity contribution in [3.05, 3.63) is 74.3 Å². The van der Waals surface area contributed by atoms with Crippen molar-refractivity contribution in [1.82, 2.24) is 10.2 Å². The molecule has 7 nitrogen and oxygen atoms in total. The van der Waals surface area contributed by atoms with Gasteiger partial charge in [0.25, 0.3) is 17.5 Å². The number of hydrogen-bond donors (Lipinski definition) is 1. The van der Waals surface area contributed by atoms with E-state index in [4.69, 9.17) is 11.6 Å². The van der Waals surface area contributed by atoms with Crippen LogP contribution in [0.3, 0.4) is 0 Å². The highest BCUT2D eigenvalue weighted by Crippen LogP contribution is 2.25. The van der Waals surface area contributed by atoms with Crippen LogP contribution in [0.1, 0.15) is 26.3 Å². The second-order valence-corrected chi connectivity index (χ2v) is 5.91. The van der Waals surface area contributed by atoms with E-state index in [2.05, 4.69) is 5.32 Å². The predicted octanol–water partition coefficient (Wildman–Crippen LogP) is 2.88. The zero-order valence-electron chi connectivity index (χ0n) is 13.7. The van der Waals surface area contributed by atoms with Crippen LogP contribution in [0.15, 0.2) is 42.5 Å². The quantitative estimate of drug-likeness (QED) is 0.654. The Morgan fingerprint density at radius 3 is 2.28 bits per heavy atom. The van der Waals surface area contributed by atoms with Crippen molar-refractivity contribution >= 4 is 29.1 Å². The number of carbonyl (C=O) groups is 2. The average molecular weight is 362 g/mol. The van der Waals surface area contributed by atoms with Gasteiger partial charge in [0, 0.05) is 37.8 Å². The van der Waals surface area contributed by atoms with Crippen LogP contribution in [0.5, 0.6) is 0 Å². The lowest BCUT2D eigenvalue weighted by Crippen LogP contribution is -2.23. The van der Waals surface area contributed by atoms with E-state index in [0.29, 0.717) is 5.56 Å². The number of halogens is 1. The first-order chi connectivity index (χ1) is 11.8. The number of nitrogens with one attached hydrogen (secondary N) is 1. The minimum atomic E-state index is -0.639. The first-order valence-corrected chi connectivity index (χ1v) is 7.70. The maximum atomic E-state index is 12.1. The van der Waals surface area contributed by atoms with Gasteiger partial charge in [0.2, 0.25) is 0 Å². The minimum Gasteiger partial charge on any atom is -0.348 e. The van der Waals surface area contributed by atoms with Crippen LogP contribution < -0.4 is 5.32 Å². The molecule has 2 aromatic rings. The molecule has 0 unspecified atom stereocenters. The summed E-state index contributed by atoms with van der Waals surface area (Å²) in [5.74, 6) is -0.558. The smallest absolute Gasteiger partial charge is 0.288 e. The number of rotatable bonds is 5. The molecule has 2 amide bonds. The van der Waals surface area contributed by atoms with Crippen molar-refractivity contribution in [2.45, 2.75) is 6.54 Å². The third-order valence-electron chi connectivity index (χ3n) is 3.47. The summed E-state index contributed by atoms with van der Waals surface area (Å²) < 4.78 is 0. The molecule has 8 heteroatoms. The molecule has 0 aromatic heterocycles. The maximum Gasteiger partial charge on any atom is 0.288 e. The van der Waals surface area contributed by atoms with Crippen molar-refractivity contribution in [2.24, 2.45) is 0 Å². The highest BCUT2D eigenvalue weighted by molar-refractivity contribution is 6.32. The van der Waals surface area contributed by atoms with E-state index >= 15 is 0 Å². The summed E-state index contributed by atoms with van der Waals surface area (Å²) in [5.41, 5.74) is 1.18. The van der Waals surface area contributed by atoms with Gasteiger partial charge < -0.3 is 10.2 Å². The zero-order chi connectivity index (χ0) is 18.6. The fourth-order valence-corrected chi connectivity index (χ4v) is 2.29. The average Bonchev–Trinajstić information content (AvgIpc) is 2.59. The molecule has 0 heterocycles. The molecule has 0 aliphatic rings. The zero-order valence-corrected chi connectivity index (χ0v) is 14.4. The summed E-state index contributed by atoms with van der Waals surface area (Å²) in [6, 6.07) is 10.7. The highest BCUT2D eigenvalue weighted by Gasteiger charge is 2.16. The number of nitrogens with zero attached hydrogens (tertiary/aromatic N) is 2. The minimum absolute atomic E-state index is 0.0253. The largest absolute Gasteiger partial charge is 0.348 e. The number of carbonyl (C=O) groups excluding carboxylic acids is 2. The molecule has 25 heavy (non-hydrogen) atoms. The monoisotopic (exact) mass is 361 g/mol. The van der Waals surface area contributed by atoms with Crippen LogP contribution >= 0.6 is 11.6 Å². The third-order valence-corrected chi connectivity index (χ3v) is 3.78. The van der Waals surface area contributed by atoms with Gasteiger partial charge in [0.15, 0.2) is 0 Å². The molecule has 130 valence electrons. The Balaban J connectivity index is 2.04. The molecule has 0 saturated heterocycles. The van der Waals surface area contributed by atoms with Gasteiger partial charge in [-0.2, -0.15) is 0 Å². The molecule has 0 bridgehead atoms. The SMILES string of the molecule is CN(C)C(=O)c1ccc(CNC(=O)c2ccc(Cl)c([N+](=O)[O-])c2)cc1. The summed E-state index contributed by atoms with van der Waals surface area (Å²) in [5, 5.41) is 13.5. The summed E-state index contributed by atoms with van der Waals surface area (Å²) >= 11 is 5.73. The van der Waals surface area contributed by atoms with Gasteiger partial charge >= 0.3 is 0 Å². The van der Waals surface area contributed by atoms with Crippen molar-refractivity contribution in [2.75, 3.05) is 14.1 Å². The molecule has 0 spiro atoms. The van der Waals surface area contributed by atoms with Crippen LogP contribution in [-0.2, 0) is 6.54 Å². The van der Waals surface area contributed by atoms with Gasteiger partial charge in [0.1, 0.15) is 5.02 Å². The van der Waals surface area contributed by atoms with Gasteiger partial charge in [-0.15, -0.1) is 0 Å². The van der Waals surface area contributed by atoms with E-state index in [9.17, 15) is 19.7 Å². The lowest BCUT2D eigenvalue weighted by molar-refractivity contribution is -0.384. The molecule has 1 N–H and O–H groups in total. The first kappa shape index (κ1) is 18.4. The van der Waals surface area contributed by atoms with Crippen LogP contribution in [0.4, 0.5) is 5.69 Å². The molecule has 0 fully saturated rings.